The molecule has 5 nitrogen and oxygen atoms in total. The highest BCUT2D eigenvalue weighted by molar-refractivity contribution is 6.30. The van der Waals surface area contributed by atoms with Gasteiger partial charge < -0.3 is 4.90 Å². The van der Waals surface area contributed by atoms with Gasteiger partial charge in [-0.3, -0.25) is 9.78 Å². The number of halogens is 1. The van der Waals surface area contributed by atoms with E-state index >= 15 is 0 Å². The van der Waals surface area contributed by atoms with Crippen molar-refractivity contribution < 1.29 is 0 Å². The maximum Gasteiger partial charge on any atom is 0.276 e. The molecule has 1 aromatic carbocycles. The Morgan fingerprint density at radius 1 is 1.26 bits per heavy atom. The van der Waals surface area contributed by atoms with Crippen molar-refractivity contribution in [3.63, 3.8) is 0 Å². The molecule has 0 spiro atoms. The summed E-state index contributed by atoms with van der Waals surface area (Å²) >= 11 is 6.17. The van der Waals surface area contributed by atoms with Crippen LogP contribution in [0.1, 0.15) is 19.3 Å². The zero-order valence-corrected chi connectivity index (χ0v) is 16.2. The quantitative estimate of drug-likeness (QED) is 0.687. The van der Waals surface area contributed by atoms with Crippen LogP contribution in [-0.4, -0.2) is 39.8 Å². The van der Waals surface area contributed by atoms with Crippen LogP contribution in [-0.2, 0) is 6.54 Å². The van der Waals surface area contributed by atoms with Gasteiger partial charge in [0.25, 0.3) is 5.56 Å². The van der Waals surface area contributed by atoms with E-state index in [0.717, 1.165) is 25.1 Å². The zero-order valence-electron chi connectivity index (χ0n) is 15.4. The zero-order chi connectivity index (χ0) is 18.8. The fourth-order valence-corrected chi connectivity index (χ4v) is 4.10. The van der Waals surface area contributed by atoms with Crippen LogP contribution in [0.25, 0.3) is 22.2 Å². The van der Waals surface area contributed by atoms with E-state index < -0.39 is 0 Å². The van der Waals surface area contributed by atoms with Crippen molar-refractivity contribution in [3.8, 4) is 11.3 Å². The lowest BCUT2D eigenvalue weighted by atomic mass is 9.95. The Morgan fingerprint density at radius 3 is 2.96 bits per heavy atom. The molecule has 0 N–H and O–H groups in total. The number of rotatable bonds is 4. The largest absolute Gasteiger partial charge is 0.306 e. The van der Waals surface area contributed by atoms with Crippen molar-refractivity contribution in [3.05, 3.63) is 58.0 Å². The second-order valence-electron chi connectivity index (χ2n) is 7.35. The van der Waals surface area contributed by atoms with Gasteiger partial charge in [-0.2, -0.15) is 5.10 Å². The number of aromatic nitrogens is 3. The molecule has 0 amide bonds. The Bertz CT molecular complexity index is 1020. The summed E-state index contributed by atoms with van der Waals surface area (Å²) in [6, 6.07) is 11.2. The lowest BCUT2D eigenvalue weighted by Gasteiger charge is -2.29. The van der Waals surface area contributed by atoms with Crippen molar-refractivity contribution in [1.29, 1.82) is 0 Å². The predicted octanol–water partition coefficient (Wildman–Crippen LogP) is 3.84. The van der Waals surface area contributed by atoms with Crippen molar-refractivity contribution in [2.75, 3.05) is 20.1 Å². The third-order valence-electron chi connectivity index (χ3n) is 5.29. The number of pyridine rings is 1. The molecule has 0 bridgehead atoms. The van der Waals surface area contributed by atoms with Crippen LogP contribution in [0, 0.1) is 5.92 Å². The second-order valence-corrected chi connectivity index (χ2v) is 7.78. The fraction of sp³-hybridized carbons (Fsp3) is 0.381. The van der Waals surface area contributed by atoms with Crippen LogP contribution in [0.15, 0.2) is 47.4 Å². The molecule has 140 valence electrons. The smallest absolute Gasteiger partial charge is 0.276 e. The molecular weight excluding hydrogens is 360 g/mol. The van der Waals surface area contributed by atoms with Gasteiger partial charge in [0.05, 0.1) is 5.39 Å². The number of benzene rings is 1. The van der Waals surface area contributed by atoms with Crippen molar-refractivity contribution in [2.45, 2.75) is 25.8 Å². The highest BCUT2D eigenvalue weighted by Gasteiger charge is 2.19. The lowest BCUT2D eigenvalue weighted by Crippen LogP contribution is -2.33. The molecule has 1 aliphatic heterocycles. The standard InChI is InChI=1S/C21H23ClN4O/c1-25-11-4-5-15(14-25)9-12-26-21(27)18-8-3-10-23-20(18)19(24-26)16-6-2-7-17(22)13-16/h2-3,6-8,10,13,15H,4-5,9,11-12,14H2,1H3. The molecule has 1 fully saturated rings. The number of hydrogen-bond acceptors (Lipinski definition) is 4. The average molecular weight is 383 g/mol. The summed E-state index contributed by atoms with van der Waals surface area (Å²) in [7, 11) is 2.16. The van der Waals surface area contributed by atoms with Gasteiger partial charge >= 0.3 is 0 Å². The van der Waals surface area contributed by atoms with Crippen molar-refractivity contribution >= 4 is 22.5 Å². The van der Waals surface area contributed by atoms with Crippen LogP contribution < -0.4 is 5.56 Å². The third kappa shape index (κ3) is 3.89. The summed E-state index contributed by atoms with van der Waals surface area (Å²) in [6.45, 7) is 2.87. The molecule has 3 heterocycles. The minimum atomic E-state index is -0.0759. The SMILES string of the molecule is CN1CCCC(CCn2nc(-c3cccc(Cl)c3)c3ncccc3c2=O)C1. The van der Waals surface area contributed by atoms with Gasteiger partial charge in [-0.05, 0) is 63.0 Å². The van der Waals surface area contributed by atoms with E-state index in [0.29, 0.717) is 34.1 Å². The Kier molecular flexibility index (Phi) is 5.23. The van der Waals surface area contributed by atoms with E-state index in [1.807, 2.05) is 30.3 Å². The molecule has 1 atom stereocenters. The topological polar surface area (TPSA) is 51.0 Å². The predicted molar refractivity (Wildman–Crippen MR) is 109 cm³/mol. The maximum absolute atomic E-state index is 12.9. The van der Waals surface area contributed by atoms with Crippen LogP contribution >= 0.6 is 11.6 Å². The molecule has 6 heteroatoms. The van der Waals surface area contributed by atoms with E-state index in [2.05, 4.69) is 22.0 Å². The Hall–Kier alpha value is -2.24. The minimum Gasteiger partial charge on any atom is -0.306 e. The van der Waals surface area contributed by atoms with Gasteiger partial charge in [-0.15, -0.1) is 0 Å². The molecule has 4 rings (SSSR count). The van der Waals surface area contributed by atoms with E-state index in [-0.39, 0.29) is 5.56 Å². The van der Waals surface area contributed by atoms with E-state index in [4.69, 9.17) is 11.6 Å². The Morgan fingerprint density at radius 2 is 2.15 bits per heavy atom. The Balaban J connectivity index is 1.72. The molecule has 1 saturated heterocycles. The summed E-state index contributed by atoms with van der Waals surface area (Å²) in [5.41, 5.74) is 2.12. The van der Waals surface area contributed by atoms with Crippen LogP contribution in [0.2, 0.25) is 5.02 Å². The van der Waals surface area contributed by atoms with Crippen molar-refractivity contribution in [1.82, 2.24) is 19.7 Å². The van der Waals surface area contributed by atoms with Gasteiger partial charge in [0.2, 0.25) is 0 Å². The molecule has 1 unspecified atom stereocenters. The summed E-state index contributed by atoms with van der Waals surface area (Å²) < 4.78 is 1.61. The first-order valence-corrected chi connectivity index (χ1v) is 9.80. The number of aryl methyl sites for hydroxylation is 1. The molecule has 2 aromatic heterocycles. The molecule has 1 aliphatic rings. The second kappa shape index (κ2) is 7.79. The fourth-order valence-electron chi connectivity index (χ4n) is 3.91. The average Bonchev–Trinajstić information content (AvgIpc) is 2.68. The molecule has 0 aliphatic carbocycles. The minimum absolute atomic E-state index is 0.0759. The number of nitrogens with zero attached hydrogens (tertiary/aromatic N) is 4. The number of hydrogen-bond donors (Lipinski definition) is 0. The lowest BCUT2D eigenvalue weighted by molar-refractivity contribution is 0.195. The van der Waals surface area contributed by atoms with Crippen LogP contribution in [0.5, 0.6) is 0 Å². The van der Waals surface area contributed by atoms with Crippen LogP contribution in [0.3, 0.4) is 0 Å². The molecular formula is C21H23ClN4O. The third-order valence-corrected chi connectivity index (χ3v) is 5.52. The van der Waals surface area contributed by atoms with E-state index in [9.17, 15) is 4.79 Å². The molecule has 3 aromatic rings. The number of fused-ring (bicyclic) bond motifs is 1. The summed E-state index contributed by atoms with van der Waals surface area (Å²) in [6.07, 6.45) is 5.09. The summed E-state index contributed by atoms with van der Waals surface area (Å²) in [5.74, 6) is 0.608. The molecule has 27 heavy (non-hydrogen) atoms. The number of likely N-dealkylation sites (tertiary alicyclic amines) is 1. The van der Waals surface area contributed by atoms with Gasteiger partial charge in [-0.25, -0.2) is 4.68 Å². The molecule has 0 radical (unpaired) electrons. The van der Waals surface area contributed by atoms with Gasteiger partial charge in [0, 0.05) is 29.9 Å². The Labute approximate surface area is 163 Å². The monoisotopic (exact) mass is 382 g/mol. The van der Waals surface area contributed by atoms with Crippen molar-refractivity contribution in [2.24, 2.45) is 5.92 Å². The highest BCUT2D eigenvalue weighted by Crippen LogP contribution is 2.26. The highest BCUT2D eigenvalue weighted by atomic mass is 35.5. The summed E-state index contributed by atoms with van der Waals surface area (Å²) in [4.78, 5) is 19.7. The number of piperidine rings is 1. The van der Waals surface area contributed by atoms with Gasteiger partial charge in [-0.1, -0.05) is 23.7 Å². The maximum atomic E-state index is 12.9. The van der Waals surface area contributed by atoms with E-state index in [1.165, 1.54) is 12.8 Å². The normalized spacial score (nSPS) is 18.1. The van der Waals surface area contributed by atoms with Crippen LogP contribution in [0.4, 0.5) is 0 Å². The van der Waals surface area contributed by atoms with Gasteiger partial charge in [0.15, 0.2) is 0 Å². The first-order chi connectivity index (χ1) is 13.1. The van der Waals surface area contributed by atoms with E-state index in [1.54, 1.807) is 16.9 Å². The first kappa shape index (κ1) is 18.1. The van der Waals surface area contributed by atoms with Gasteiger partial charge in [0.1, 0.15) is 11.2 Å². The molecule has 0 saturated carbocycles. The summed E-state index contributed by atoms with van der Waals surface area (Å²) in [5, 5.41) is 5.93. The first-order valence-electron chi connectivity index (χ1n) is 9.42.